The van der Waals surface area contributed by atoms with E-state index in [0.29, 0.717) is 19.4 Å². The minimum Gasteiger partial charge on any atom is -0.508 e. The second-order valence-electron chi connectivity index (χ2n) is 3.78. The molecule has 1 aromatic carbocycles. The normalized spacial score (nSPS) is 9.95. The van der Waals surface area contributed by atoms with Crippen LogP contribution in [0.4, 0.5) is 0 Å². The molecule has 0 saturated carbocycles. The number of ether oxygens (including phenoxy) is 1. The van der Waals surface area contributed by atoms with Crippen molar-refractivity contribution >= 4 is 6.08 Å². The predicted octanol–water partition coefficient (Wildman–Crippen LogP) is 2.69. The van der Waals surface area contributed by atoms with E-state index in [0.717, 1.165) is 11.1 Å². The van der Waals surface area contributed by atoms with Gasteiger partial charge in [0, 0.05) is 18.6 Å². The van der Waals surface area contributed by atoms with Gasteiger partial charge in [-0.1, -0.05) is 30.6 Å². The van der Waals surface area contributed by atoms with Gasteiger partial charge in [0.25, 0.3) is 0 Å². The van der Waals surface area contributed by atoms with Crippen molar-refractivity contribution in [2.75, 3.05) is 13.2 Å². The molecule has 0 fully saturated rings. The lowest BCUT2D eigenvalue weighted by Gasteiger charge is -1.99. The van der Waals surface area contributed by atoms with Crippen molar-refractivity contribution in [3.8, 4) is 17.6 Å². The van der Waals surface area contributed by atoms with Crippen molar-refractivity contribution in [2.24, 2.45) is 0 Å². The van der Waals surface area contributed by atoms with Crippen molar-refractivity contribution in [2.45, 2.75) is 12.8 Å². The highest BCUT2D eigenvalue weighted by Gasteiger charge is 1.96. The van der Waals surface area contributed by atoms with Crippen LogP contribution in [0.3, 0.4) is 0 Å². The maximum Gasteiger partial charge on any atom is 0.116 e. The molecular weight excluding hydrogens is 240 g/mol. The van der Waals surface area contributed by atoms with Crippen LogP contribution in [0.1, 0.15) is 24.0 Å². The van der Waals surface area contributed by atoms with Gasteiger partial charge in [-0.3, -0.25) is 0 Å². The smallest absolute Gasteiger partial charge is 0.116 e. The molecule has 0 radical (unpaired) electrons. The highest BCUT2D eigenvalue weighted by molar-refractivity contribution is 5.59. The van der Waals surface area contributed by atoms with Crippen LogP contribution >= 0.6 is 0 Å². The van der Waals surface area contributed by atoms with Gasteiger partial charge in [-0.15, -0.1) is 0 Å². The third-order valence-corrected chi connectivity index (χ3v) is 2.31. The highest BCUT2D eigenvalue weighted by atomic mass is 16.5. The van der Waals surface area contributed by atoms with Crippen LogP contribution in [0.5, 0.6) is 5.75 Å². The van der Waals surface area contributed by atoms with Crippen LogP contribution in [-0.4, -0.2) is 23.4 Å². The van der Waals surface area contributed by atoms with Gasteiger partial charge in [0.1, 0.15) is 5.75 Å². The average molecular weight is 258 g/mol. The molecule has 3 nitrogen and oxygen atoms in total. The van der Waals surface area contributed by atoms with Crippen LogP contribution in [-0.2, 0) is 4.74 Å². The number of benzene rings is 1. The molecule has 0 amide bonds. The lowest BCUT2D eigenvalue weighted by molar-refractivity contribution is 0.253. The number of hydrogen-bond donors (Lipinski definition) is 2. The van der Waals surface area contributed by atoms with Crippen molar-refractivity contribution in [1.82, 2.24) is 0 Å². The molecule has 0 aliphatic heterocycles. The lowest BCUT2D eigenvalue weighted by Crippen LogP contribution is -1.86. The minimum absolute atomic E-state index is 0.126. The number of rotatable bonds is 6. The maximum absolute atomic E-state index is 9.40. The summed E-state index contributed by atoms with van der Waals surface area (Å²) >= 11 is 0. The summed E-state index contributed by atoms with van der Waals surface area (Å²) in [4.78, 5) is 0. The molecule has 0 bridgehead atoms. The van der Waals surface area contributed by atoms with Crippen LogP contribution in [0, 0.1) is 11.8 Å². The zero-order valence-corrected chi connectivity index (χ0v) is 10.8. The second-order valence-corrected chi connectivity index (χ2v) is 3.78. The van der Waals surface area contributed by atoms with Crippen LogP contribution < -0.4 is 0 Å². The molecule has 1 rings (SSSR count). The molecule has 0 atom stereocenters. The molecule has 0 heterocycles. The van der Waals surface area contributed by atoms with E-state index in [-0.39, 0.29) is 12.4 Å². The second kappa shape index (κ2) is 8.84. The van der Waals surface area contributed by atoms with E-state index in [1.54, 1.807) is 36.6 Å². The van der Waals surface area contributed by atoms with Gasteiger partial charge < -0.3 is 14.9 Å². The third-order valence-electron chi connectivity index (χ3n) is 2.31. The number of aromatic hydroxyl groups is 1. The zero-order valence-electron chi connectivity index (χ0n) is 10.8. The molecule has 100 valence electrons. The predicted molar refractivity (Wildman–Crippen MR) is 76.5 cm³/mol. The Hall–Kier alpha value is -2.18. The van der Waals surface area contributed by atoms with Gasteiger partial charge in [0.2, 0.25) is 0 Å². The average Bonchev–Trinajstić information content (AvgIpc) is 2.42. The van der Waals surface area contributed by atoms with Gasteiger partial charge in [0.05, 0.1) is 12.9 Å². The van der Waals surface area contributed by atoms with E-state index >= 15 is 0 Å². The SMILES string of the molecule is C=Cc1ccc(O)cc1C#CCCO/C=C/CCO. The summed E-state index contributed by atoms with van der Waals surface area (Å²) < 4.78 is 5.19. The standard InChI is InChI=1S/C16H18O3/c1-2-14-8-9-16(18)13-15(14)7-3-5-11-19-12-6-4-10-17/h2,6,8-9,12-13,17-18H,1,4-5,10-11H2/b12-6+. The summed E-state index contributed by atoms with van der Waals surface area (Å²) in [5, 5.41) is 17.9. The van der Waals surface area contributed by atoms with Crippen molar-refractivity contribution in [3.05, 3.63) is 48.2 Å². The Morgan fingerprint density at radius 2 is 2.21 bits per heavy atom. The fourth-order valence-corrected chi connectivity index (χ4v) is 1.38. The van der Waals surface area contributed by atoms with E-state index in [9.17, 15) is 5.11 Å². The summed E-state index contributed by atoms with van der Waals surface area (Å²) in [6.07, 6.45) is 6.23. The van der Waals surface area contributed by atoms with Crippen molar-refractivity contribution < 1.29 is 14.9 Å². The molecule has 2 N–H and O–H groups in total. The Morgan fingerprint density at radius 3 is 2.95 bits per heavy atom. The van der Waals surface area contributed by atoms with Gasteiger partial charge in [-0.2, -0.15) is 0 Å². The first kappa shape index (κ1) is 14.9. The van der Waals surface area contributed by atoms with Gasteiger partial charge in [-0.05, 0) is 30.2 Å². The fraction of sp³-hybridized carbons (Fsp3) is 0.250. The molecule has 3 heteroatoms. The van der Waals surface area contributed by atoms with E-state index in [2.05, 4.69) is 18.4 Å². The van der Waals surface area contributed by atoms with Crippen molar-refractivity contribution in [1.29, 1.82) is 0 Å². The van der Waals surface area contributed by atoms with Crippen molar-refractivity contribution in [3.63, 3.8) is 0 Å². The summed E-state index contributed by atoms with van der Waals surface area (Å²) in [6.45, 7) is 4.33. The highest BCUT2D eigenvalue weighted by Crippen LogP contribution is 2.16. The number of phenolic OH excluding ortho intramolecular Hbond substituents is 1. The Balaban J connectivity index is 2.45. The quantitative estimate of drug-likeness (QED) is 0.468. The first-order valence-corrected chi connectivity index (χ1v) is 6.09. The molecule has 19 heavy (non-hydrogen) atoms. The lowest BCUT2D eigenvalue weighted by atomic mass is 10.1. The number of aliphatic hydroxyl groups is 1. The number of hydrogen-bond acceptors (Lipinski definition) is 3. The Bertz CT molecular complexity index is 492. The van der Waals surface area contributed by atoms with Crippen LogP contribution in [0.25, 0.3) is 6.08 Å². The zero-order chi connectivity index (χ0) is 13.9. The first-order chi connectivity index (χ1) is 9.27. The van der Waals surface area contributed by atoms with Gasteiger partial charge >= 0.3 is 0 Å². The molecule has 0 spiro atoms. The first-order valence-electron chi connectivity index (χ1n) is 6.09. The molecule has 0 aliphatic rings. The van der Waals surface area contributed by atoms with Gasteiger partial charge in [0.15, 0.2) is 0 Å². The maximum atomic E-state index is 9.40. The third kappa shape index (κ3) is 5.80. The molecule has 0 aliphatic carbocycles. The molecule has 1 aromatic rings. The Labute approximate surface area is 113 Å². The van der Waals surface area contributed by atoms with E-state index in [4.69, 9.17) is 9.84 Å². The Morgan fingerprint density at radius 1 is 1.37 bits per heavy atom. The minimum atomic E-state index is 0.126. The summed E-state index contributed by atoms with van der Waals surface area (Å²) in [5.74, 6) is 6.15. The van der Waals surface area contributed by atoms with E-state index in [1.165, 1.54) is 0 Å². The van der Waals surface area contributed by atoms with Crippen LogP contribution in [0.15, 0.2) is 37.1 Å². The summed E-state index contributed by atoms with van der Waals surface area (Å²) in [7, 11) is 0. The number of aliphatic hydroxyl groups excluding tert-OH is 1. The van der Waals surface area contributed by atoms with E-state index in [1.807, 2.05) is 0 Å². The molecule has 0 saturated heterocycles. The van der Waals surface area contributed by atoms with Gasteiger partial charge in [-0.25, -0.2) is 0 Å². The monoisotopic (exact) mass is 258 g/mol. The summed E-state index contributed by atoms with van der Waals surface area (Å²) in [6, 6.07) is 5.00. The summed E-state index contributed by atoms with van der Waals surface area (Å²) in [5.41, 5.74) is 1.65. The van der Waals surface area contributed by atoms with E-state index < -0.39 is 0 Å². The van der Waals surface area contributed by atoms with Crippen LogP contribution in [0.2, 0.25) is 0 Å². The molecule has 0 unspecified atom stereocenters. The number of phenols is 1. The largest absolute Gasteiger partial charge is 0.508 e. The molecular formula is C16H18O3. The Kier molecular flexibility index (Phi) is 6.93. The fourth-order valence-electron chi connectivity index (χ4n) is 1.38. The topological polar surface area (TPSA) is 49.7 Å². The molecule has 0 aromatic heterocycles.